The Morgan fingerprint density at radius 1 is 0.487 bits per heavy atom. The molecule has 14 rings (SSSR count). The number of nitrogens with zero attached hydrogens (tertiary/aromatic N) is 2. The molecule has 5 aliphatic rings. The van der Waals surface area contributed by atoms with Crippen LogP contribution in [0.2, 0.25) is 0 Å². The van der Waals surface area contributed by atoms with Gasteiger partial charge < -0.3 is 9.80 Å². The van der Waals surface area contributed by atoms with Crippen molar-refractivity contribution in [3.63, 3.8) is 0 Å². The number of thiophene rings is 1. The largest absolute Gasteiger partial charge is 0.311 e. The van der Waals surface area contributed by atoms with Gasteiger partial charge in [0.05, 0.1) is 5.69 Å². The highest BCUT2D eigenvalue weighted by Gasteiger charge is 2.52. The van der Waals surface area contributed by atoms with E-state index in [0.29, 0.717) is 0 Å². The maximum Gasteiger partial charge on any atom is 0.264 e. The predicted octanol–water partition coefficient (Wildman–Crippen LogP) is 14.6. The molecule has 76 heavy (non-hydrogen) atoms. The SMILES string of the molecule is Cc1cc2c3c(c1)N(c1ccc4c(c1)[Si](c1ccccc1)(c1ccccc1)c1ccccc1-4)c1c(sc4cc5c(cc14)C(C)(C)CCC5(C)C)B3c1cc3c(cc1N2c1ccc(C(C)(C)C)cc1)C(C)(C)CCC3(C)C. The maximum absolute atomic E-state index is 2.82. The second-order valence-electron chi connectivity index (χ2n) is 27.1. The summed E-state index contributed by atoms with van der Waals surface area (Å²) in [4.78, 5) is 5.43. The molecule has 1 aromatic heterocycles. The lowest BCUT2D eigenvalue weighted by Crippen LogP contribution is -2.72. The van der Waals surface area contributed by atoms with Crippen molar-refractivity contribution in [3.05, 3.63) is 197 Å². The van der Waals surface area contributed by atoms with Crippen molar-refractivity contribution in [2.45, 2.75) is 136 Å². The van der Waals surface area contributed by atoms with Gasteiger partial charge >= 0.3 is 0 Å². The molecule has 2 aliphatic carbocycles. The van der Waals surface area contributed by atoms with Crippen molar-refractivity contribution in [3.8, 4) is 11.1 Å². The van der Waals surface area contributed by atoms with Crippen LogP contribution in [0.25, 0.3) is 21.2 Å². The van der Waals surface area contributed by atoms with Gasteiger partial charge in [-0.2, -0.15) is 0 Å². The number of hydrogen-bond acceptors (Lipinski definition) is 3. The summed E-state index contributed by atoms with van der Waals surface area (Å²) in [5, 5.41) is 7.18. The Labute approximate surface area is 458 Å². The van der Waals surface area contributed by atoms with E-state index in [1.54, 1.807) is 0 Å². The molecule has 0 amide bonds. The quantitative estimate of drug-likeness (QED) is 0.162. The number of fused-ring (bicyclic) bond motifs is 11. The van der Waals surface area contributed by atoms with Crippen LogP contribution in [0.1, 0.15) is 135 Å². The first-order chi connectivity index (χ1) is 36.2. The number of hydrogen-bond donors (Lipinski definition) is 0. The van der Waals surface area contributed by atoms with Crippen molar-refractivity contribution < 1.29 is 0 Å². The topological polar surface area (TPSA) is 6.48 Å². The number of rotatable bonds is 4. The minimum absolute atomic E-state index is 0.0410. The Hall–Kier alpha value is -6.40. The lowest BCUT2D eigenvalue weighted by Gasteiger charge is -2.47. The maximum atomic E-state index is 2.76. The van der Waals surface area contributed by atoms with Gasteiger partial charge in [-0.25, -0.2) is 0 Å². The molecular formula is C71H71BN2SSi. The molecule has 0 unspecified atom stereocenters. The van der Waals surface area contributed by atoms with E-state index in [2.05, 4.69) is 268 Å². The Kier molecular flexibility index (Phi) is 10.2. The van der Waals surface area contributed by atoms with Gasteiger partial charge in [0.1, 0.15) is 0 Å². The van der Waals surface area contributed by atoms with Crippen LogP contribution >= 0.6 is 11.3 Å². The molecule has 9 aromatic rings. The van der Waals surface area contributed by atoms with E-state index in [0.717, 1.165) is 0 Å². The van der Waals surface area contributed by atoms with Gasteiger partial charge in [0, 0.05) is 43.3 Å². The van der Waals surface area contributed by atoms with Crippen LogP contribution in [-0.2, 0) is 27.1 Å². The first kappa shape index (κ1) is 48.0. The van der Waals surface area contributed by atoms with Gasteiger partial charge in [0.25, 0.3) is 6.71 Å². The van der Waals surface area contributed by atoms with Crippen LogP contribution in [0.3, 0.4) is 0 Å². The van der Waals surface area contributed by atoms with Crippen LogP contribution in [-0.4, -0.2) is 14.8 Å². The molecule has 0 fully saturated rings. The summed E-state index contributed by atoms with van der Waals surface area (Å²) < 4.78 is 2.86. The Morgan fingerprint density at radius 2 is 1.00 bits per heavy atom. The molecular weight excluding hydrogens is 952 g/mol. The van der Waals surface area contributed by atoms with E-state index in [-0.39, 0.29) is 33.8 Å². The van der Waals surface area contributed by atoms with E-state index < -0.39 is 8.07 Å². The van der Waals surface area contributed by atoms with Crippen LogP contribution in [0.4, 0.5) is 34.1 Å². The fourth-order valence-electron chi connectivity index (χ4n) is 15.0. The Morgan fingerprint density at radius 3 is 1.61 bits per heavy atom. The van der Waals surface area contributed by atoms with E-state index >= 15 is 0 Å². The smallest absolute Gasteiger partial charge is 0.264 e. The molecule has 4 heterocycles. The van der Waals surface area contributed by atoms with E-state index in [1.807, 2.05) is 0 Å². The minimum Gasteiger partial charge on any atom is -0.311 e. The molecule has 3 aliphatic heterocycles. The van der Waals surface area contributed by atoms with Crippen LogP contribution in [0.5, 0.6) is 0 Å². The van der Waals surface area contributed by atoms with Crippen molar-refractivity contribution in [1.82, 2.24) is 0 Å². The van der Waals surface area contributed by atoms with Crippen molar-refractivity contribution in [2.24, 2.45) is 0 Å². The summed E-state index contributed by atoms with van der Waals surface area (Å²) in [7, 11) is -2.82. The normalized spacial score (nSPS) is 18.5. The van der Waals surface area contributed by atoms with Gasteiger partial charge in [-0.3, -0.25) is 0 Å². The molecule has 0 spiro atoms. The van der Waals surface area contributed by atoms with Gasteiger partial charge in [-0.05, 0) is 190 Å². The second-order valence-corrected chi connectivity index (χ2v) is 31.9. The van der Waals surface area contributed by atoms with Crippen molar-refractivity contribution >= 4 is 107 Å². The summed E-state index contributed by atoms with van der Waals surface area (Å²) in [5.74, 6) is 0. The highest BCUT2D eigenvalue weighted by molar-refractivity contribution is 7.33. The zero-order chi connectivity index (χ0) is 52.6. The van der Waals surface area contributed by atoms with E-state index in [9.17, 15) is 0 Å². The third-order valence-electron chi connectivity index (χ3n) is 19.4. The molecule has 0 saturated carbocycles. The summed E-state index contributed by atoms with van der Waals surface area (Å²) in [5.41, 5.74) is 22.3. The number of benzene rings is 8. The summed E-state index contributed by atoms with van der Waals surface area (Å²) in [6.45, 7) is 29.3. The molecule has 8 aromatic carbocycles. The highest BCUT2D eigenvalue weighted by Crippen LogP contribution is 2.54. The standard InChI is InChI=1S/C71H71BN2SSi/c1-44-37-59-64-60(38-44)74(47-31-32-51-50-25-19-20-26-62(50)76(63(51)39-47,48-21-15-13-16-22-48)49-23-17-14-18-24-49)65-52-40-53-56(71(11,12)36-33-68(53,5)6)43-61(52)75-66(65)72(64)57-41-54-55(70(9,10)35-34-69(54,7)8)42-58(57)73(59)46-29-27-45(28-30-46)67(2,3)4/h13-32,37-43H,33-36H2,1-12H3. The highest BCUT2D eigenvalue weighted by atomic mass is 32.1. The third-order valence-corrected chi connectivity index (χ3v) is 25.5. The average molecular weight is 1020 g/mol. The lowest BCUT2D eigenvalue weighted by molar-refractivity contribution is 0.332. The number of aryl methyl sites for hydroxylation is 1. The summed E-state index contributed by atoms with van der Waals surface area (Å²) >= 11 is 2.07. The van der Waals surface area contributed by atoms with Crippen molar-refractivity contribution in [2.75, 3.05) is 9.80 Å². The molecule has 5 heteroatoms. The average Bonchev–Trinajstić information content (AvgIpc) is 4.03. The van der Waals surface area contributed by atoms with E-state index in [1.165, 1.54) is 151 Å². The van der Waals surface area contributed by atoms with Crippen LogP contribution in [0, 0.1) is 6.92 Å². The third kappa shape index (κ3) is 6.70. The van der Waals surface area contributed by atoms with Gasteiger partial charge in [-0.15, -0.1) is 11.3 Å². The van der Waals surface area contributed by atoms with Crippen LogP contribution in [0.15, 0.2) is 164 Å². The molecule has 0 saturated heterocycles. The molecule has 378 valence electrons. The van der Waals surface area contributed by atoms with Crippen molar-refractivity contribution in [1.29, 1.82) is 0 Å². The van der Waals surface area contributed by atoms with Gasteiger partial charge in [-0.1, -0.05) is 185 Å². The predicted molar refractivity (Wildman–Crippen MR) is 332 cm³/mol. The first-order valence-corrected chi connectivity index (χ1v) is 31.0. The first-order valence-electron chi connectivity index (χ1n) is 28.2. The lowest BCUT2D eigenvalue weighted by atomic mass is 9.35. The summed E-state index contributed by atoms with van der Waals surface area (Å²) in [6.07, 6.45) is 4.71. The molecule has 0 bridgehead atoms. The van der Waals surface area contributed by atoms with Gasteiger partial charge in [0.2, 0.25) is 0 Å². The van der Waals surface area contributed by atoms with E-state index in [4.69, 9.17) is 0 Å². The molecule has 0 atom stereocenters. The molecule has 0 radical (unpaired) electrons. The minimum atomic E-state index is -2.82. The van der Waals surface area contributed by atoms with Gasteiger partial charge in [0.15, 0.2) is 8.07 Å². The monoisotopic (exact) mass is 1020 g/mol. The Balaban J connectivity index is 1.11. The fraction of sp³-hybridized carbons (Fsp3) is 0.296. The zero-order valence-electron chi connectivity index (χ0n) is 46.8. The second kappa shape index (κ2) is 16.1. The fourth-order valence-corrected chi connectivity index (χ4v) is 21.5. The Bertz CT molecular complexity index is 3850. The zero-order valence-corrected chi connectivity index (χ0v) is 48.6. The number of anilines is 6. The van der Waals surface area contributed by atoms with Crippen LogP contribution < -0.4 is 46.2 Å². The molecule has 0 N–H and O–H groups in total. The summed E-state index contributed by atoms with van der Waals surface area (Å²) in [6, 6.07) is 65.4. The molecule has 2 nitrogen and oxygen atoms in total.